The summed E-state index contributed by atoms with van der Waals surface area (Å²) in [4.78, 5) is 29.5. The van der Waals surface area contributed by atoms with Crippen molar-refractivity contribution in [3.8, 4) is 0 Å². The van der Waals surface area contributed by atoms with Crippen molar-refractivity contribution in [2.24, 2.45) is 0 Å². The summed E-state index contributed by atoms with van der Waals surface area (Å²) in [7, 11) is 0. The van der Waals surface area contributed by atoms with Crippen LogP contribution in [-0.4, -0.2) is 43.7 Å². The second-order valence-corrected chi connectivity index (χ2v) is 4.30. The van der Waals surface area contributed by atoms with Crippen LogP contribution in [0.25, 0.3) is 0 Å². The summed E-state index contributed by atoms with van der Waals surface area (Å²) < 4.78 is 0. The maximum absolute atomic E-state index is 10.2. The van der Waals surface area contributed by atoms with Crippen molar-refractivity contribution in [2.75, 3.05) is 0 Å². The molecule has 0 aliphatic rings. The molecule has 7 heteroatoms. The van der Waals surface area contributed by atoms with Gasteiger partial charge in [-0.1, -0.05) is 0 Å². The largest absolute Gasteiger partial charge is 0.481 e. The lowest BCUT2D eigenvalue weighted by Crippen LogP contribution is -2.20. The van der Waals surface area contributed by atoms with Gasteiger partial charge in [-0.3, -0.25) is 14.4 Å². The van der Waals surface area contributed by atoms with Crippen LogP contribution in [0.5, 0.6) is 0 Å². The molecule has 0 radical (unpaired) electrons. The van der Waals surface area contributed by atoms with E-state index >= 15 is 0 Å². The zero-order chi connectivity index (χ0) is 12.6. The predicted molar refractivity (Wildman–Crippen MR) is 55.1 cm³/mol. The van der Waals surface area contributed by atoms with Crippen LogP contribution in [0.3, 0.4) is 0 Å². The molecule has 6 nitrogen and oxygen atoms in total. The molecule has 0 rings (SSSR count). The van der Waals surface area contributed by atoms with Gasteiger partial charge in [0.25, 0.3) is 5.97 Å². The highest BCUT2D eigenvalue weighted by Crippen LogP contribution is 2.17. The second kappa shape index (κ2) is 8.10. The average molecular weight is 238 g/mol. The lowest BCUT2D eigenvalue weighted by Gasteiger charge is -2.08. The molecular formula is C8H14O6S. The van der Waals surface area contributed by atoms with Crippen LogP contribution in [0, 0.1) is 0 Å². The number of carbonyl (C=O) groups is 3. The molecule has 3 N–H and O–H groups in total. The Balaban J connectivity index is 0. The van der Waals surface area contributed by atoms with Gasteiger partial charge in [-0.2, -0.15) is 0 Å². The molecule has 0 aliphatic carbocycles. The molecule has 2 atom stereocenters. The van der Waals surface area contributed by atoms with Gasteiger partial charge in [0.15, 0.2) is 0 Å². The third kappa shape index (κ3) is 12.8. The normalized spacial score (nSPS) is 13.0. The summed E-state index contributed by atoms with van der Waals surface area (Å²) in [5, 5.41) is 22.9. The number of hydrogen-bond acceptors (Lipinski definition) is 4. The topological polar surface area (TPSA) is 112 Å². The van der Waals surface area contributed by atoms with Crippen molar-refractivity contribution in [3.63, 3.8) is 0 Å². The Morgan fingerprint density at radius 1 is 0.933 bits per heavy atom. The Morgan fingerprint density at radius 3 is 1.27 bits per heavy atom. The fourth-order valence-electron chi connectivity index (χ4n) is 0.423. The number of rotatable bonds is 4. The minimum Gasteiger partial charge on any atom is -0.481 e. The van der Waals surface area contributed by atoms with E-state index in [2.05, 4.69) is 0 Å². The van der Waals surface area contributed by atoms with Gasteiger partial charge in [0.1, 0.15) is 10.5 Å². The maximum Gasteiger partial charge on any atom is 0.316 e. The Hall–Kier alpha value is -1.24. The van der Waals surface area contributed by atoms with Gasteiger partial charge in [-0.05, 0) is 13.8 Å². The minimum absolute atomic E-state index is 0.666. The molecule has 0 aromatic heterocycles. The molecule has 0 fully saturated rings. The monoisotopic (exact) mass is 238 g/mol. The SMILES string of the molecule is CC(=O)O.CC(SC(C)C(=O)O)C(=O)O. The first kappa shape index (κ1) is 16.2. The van der Waals surface area contributed by atoms with Gasteiger partial charge in [0.05, 0.1) is 0 Å². The second-order valence-electron chi connectivity index (χ2n) is 2.62. The highest BCUT2D eigenvalue weighted by Gasteiger charge is 2.19. The van der Waals surface area contributed by atoms with Crippen LogP contribution in [0.4, 0.5) is 0 Å². The number of thioether (sulfide) groups is 1. The molecule has 0 aromatic carbocycles. The van der Waals surface area contributed by atoms with E-state index < -0.39 is 28.4 Å². The molecule has 15 heavy (non-hydrogen) atoms. The molecule has 2 unspecified atom stereocenters. The highest BCUT2D eigenvalue weighted by molar-refractivity contribution is 8.01. The molecule has 0 heterocycles. The Kier molecular flexibility index (Phi) is 8.75. The summed E-state index contributed by atoms with van der Waals surface area (Å²) in [6, 6.07) is 0. The first-order valence-electron chi connectivity index (χ1n) is 3.99. The highest BCUT2D eigenvalue weighted by atomic mass is 32.2. The number of carboxylic acids is 3. The molecule has 0 saturated heterocycles. The molecule has 0 amide bonds. The summed E-state index contributed by atoms with van der Waals surface area (Å²) in [5.41, 5.74) is 0. The lowest BCUT2D eigenvalue weighted by atomic mass is 10.5. The first-order chi connectivity index (χ1) is 6.68. The Labute approximate surface area is 91.3 Å². The van der Waals surface area contributed by atoms with Crippen LogP contribution in [0.1, 0.15) is 20.8 Å². The van der Waals surface area contributed by atoms with Crippen molar-refractivity contribution >= 4 is 29.7 Å². The van der Waals surface area contributed by atoms with Gasteiger partial charge in [0.2, 0.25) is 0 Å². The van der Waals surface area contributed by atoms with Crippen LogP contribution in [0.2, 0.25) is 0 Å². The molecular weight excluding hydrogens is 224 g/mol. The van der Waals surface area contributed by atoms with Gasteiger partial charge < -0.3 is 15.3 Å². The van der Waals surface area contributed by atoms with E-state index in [0.29, 0.717) is 0 Å². The first-order valence-corrected chi connectivity index (χ1v) is 4.93. The van der Waals surface area contributed by atoms with E-state index in [1.165, 1.54) is 13.8 Å². The van der Waals surface area contributed by atoms with Gasteiger partial charge in [-0.25, -0.2) is 0 Å². The van der Waals surface area contributed by atoms with E-state index in [4.69, 9.17) is 20.1 Å². The van der Waals surface area contributed by atoms with Crippen LogP contribution >= 0.6 is 11.8 Å². The van der Waals surface area contributed by atoms with E-state index in [0.717, 1.165) is 18.7 Å². The van der Waals surface area contributed by atoms with Crippen LogP contribution in [0.15, 0.2) is 0 Å². The van der Waals surface area contributed by atoms with Crippen LogP contribution < -0.4 is 0 Å². The van der Waals surface area contributed by atoms with Crippen molar-refractivity contribution in [2.45, 2.75) is 31.3 Å². The van der Waals surface area contributed by atoms with Crippen molar-refractivity contribution in [3.05, 3.63) is 0 Å². The summed E-state index contributed by atoms with van der Waals surface area (Å²) in [5.74, 6) is -2.80. The fraction of sp³-hybridized carbons (Fsp3) is 0.625. The third-order valence-electron chi connectivity index (χ3n) is 1.10. The number of aliphatic carboxylic acids is 3. The Morgan fingerprint density at radius 2 is 1.13 bits per heavy atom. The fourth-order valence-corrected chi connectivity index (χ4v) is 1.27. The van der Waals surface area contributed by atoms with Crippen molar-refractivity contribution < 1.29 is 29.7 Å². The zero-order valence-corrected chi connectivity index (χ0v) is 9.45. The summed E-state index contributed by atoms with van der Waals surface area (Å²) >= 11 is 0.917. The number of hydrogen-bond donors (Lipinski definition) is 3. The van der Waals surface area contributed by atoms with Gasteiger partial charge in [-0.15, -0.1) is 11.8 Å². The zero-order valence-electron chi connectivity index (χ0n) is 8.63. The van der Waals surface area contributed by atoms with E-state index in [-0.39, 0.29) is 0 Å². The summed E-state index contributed by atoms with van der Waals surface area (Å²) in [6.45, 7) is 4.01. The maximum atomic E-state index is 10.2. The average Bonchev–Trinajstić information content (AvgIpc) is 2.02. The molecule has 0 aliphatic heterocycles. The van der Waals surface area contributed by atoms with Crippen molar-refractivity contribution in [1.29, 1.82) is 0 Å². The lowest BCUT2D eigenvalue weighted by molar-refractivity contribution is -0.136. The van der Waals surface area contributed by atoms with Crippen LogP contribution in [-0.2, 0) is 14.4 Å². The predicted octanol–water partition coefficient (Wildman–Crippen LogP) is 0.757. The van der Waals surface area contributed by atoms with E-state index in [9.17, 15) is 9.59 Å². The van der Waals surface area contributed by atoms with Gasteiger partial charge in [0, 0.05) is 6.92 Å². The van der Waals surface area contributed by atoms with Crippen molar-refractivity contribution in [1.82, 2.24) is 0 Å². The minimum atomic E-state index is -0.983. The van der Waals surface area contributed by atoms with E-state index in [1.54, 1.807) is 0 Å². The Bertz CT molecular complexity index is 217. The quantitative estimate of drug-likeness (QED) is 0.662. The molecule has 0 aromatic rings. The summed E-state index contributed by atoms with van der Waals surface area (Å²) in [6.07, 6.45) is 0. The molecule has 0 spiro atoms. The van der Waals surface area contributed by atoms with Gasteiger partial charge >= 0.3 is 11.9 Å². The number of carboxylic acid groups (broad SMARTS) is 3. The molecule has 88 valence electrons. The smallest absolute Gasteiger partial charge is 0.316 e. The van der Waals surface area contributed by atoms with E-state index in [1.807, 2.05) is 0 Å². The standard InChI is InChI=1S/C6H10O4S.C2H4O2/c1-3(5(7)8)11-4(2)6(9)10;1-2(3)4/h3-4H,1-2H3,(H,7,8)(H,9,10);1H3,(H,3,4). The molecule has 0 saturated carbocycles. The molecule has 0 bridgehead atoms. The third-order valence-corrected chi connectivity index (χ3v) is 2.32.